The first-order valence-corrected chi connectivity index (χ1v) is 8.33. The fraction of sp³-hybridized carbons (Fsp3) is 0.571. The Morgan fingerprint density at radius 2 is 2.00 bits per heavy atom. The van der Waals surface area contributed by atoms with Crippen LogP contribution in [0.15, 0.2) is 29.2 Å². The largest absolute Gasteiger partial charge is 0.394 e. The van der Waals surface area contributed by atoms with Crippen molar-refractivity contribution in [3.8, 4) is 0 Å². The molecule has 1 atom stereocenters. The molecule has 2 N–H and O–H groups in total. The zero-order chi connectivity index (χ0) is 15.7. The monoisotopic (exact) mass is 314 g/mol. The number of aliphatic hydroxyl groups excluding tert-OH is 1. The Kier molecular flexibility index (Phi) is 4.57. The number of nitrogens with one attached hydrogen (secondary N) is 1. The number of hydrogen-bond acceptors (Lipinski definition) is 5. The van der Waals surface area contributed by atoms with E-state index in [9.17, 15) is 13.5 Å². The minimum absolute atomic E-state index is 0.0356. The van der Waals surface area contributed by atoms with Crippen molar-refractivity contribution >= 4 is 15.7 Å². The van der Waals surface area contributed by atoms with Gasteiger partial charge >= 0.3 is 0 Å². The molecule has 1 aliphatic rings. The van der Waals surface area contributed by atoms with Crippen molar-refractivity contribution in [1.82, 2.24) is 4.72 Å². The third-order valence-corrected chi connectivity index (χ3v) is 4.90. The van der Waals surface area contributed by atoms with Gasteiger partial charge in [-0.3, -0.25) is 0 Å². The van der Waals surface area contributed by atoms with E-state index in [1.807, 2.05) is 13.8 Å². The second kappa shape index (κ2) is 5.92. The average Bonchev–Trinajstić information content (AvgIpc) is 2.45. The molecule has 1 fully saturated rings. The molecule has 1 heterocycles. The van der Waals surface area contributed by atoms with Gasteiger partial charge in [0, 0.05) is 18.8 Å². The minimum atomic E-state index is -3.42. The predicted octanol–water partition coefficient (Wildman–Crippen LogP) is 0.571. The van der Waals surface area contributed by atoms with Crippen molar-refractivity contribution in [3.63, 3.8) is 0 Å². The molecular formula is C14H22N2O4S. The molecule has 1 unspecified atom stereocenters. The molecule has 118 valence electrons. The molecule has 0 aliphatic carbocycles. The Hall–Kier alpha value is -1.15. The van der Waals surface area contributed by atoms with Crippen LogP contribution in [-0.2, 0) is 14.8 Å². The molecule has 0 spiro atoms. The molecule has 0 radical (unpaired) electrons. The van der Waals surface area contributed by atoms with E-state index in [0.29, 0.717) is 13.1 Å². The first kappa shape index (κ1) is 16.2. The second-order valence-corrected chi connectivity index (χ2v) is 7.65. The Bertz CT molecular complexity index is 583. The Balaban J connectivity index is 2.22. The highest BCUT2D eigenvalue weighted by molar-refractivity contribution is 7.89. The van der Waals surface area contributed by atoms with Crippen molar-refractivity contribution in [1.29, 1.82) is 0 Å². The van der Waals surface area contributed by atoms with Crippen LogP contribution in [0.3, 0.4) is 0 Å². The van der Waals surface area contributed by atoms with E-state index >= 15 is 0 Å². The number of ether oxygens (including phenoxy) is 1. The van der Waals surface area contributed by atoms with Gasteiger partial charge in [-0.05, 0) is 45.2 Å². The second-order valence-electron chi connectivity index (χ2n) is 5.76. The number of aliphatic hydroxyl groups is 1. The summed E-state index contributed by atoms with van der Waals surface area (Å²) in [5, 5.41) is 9.33. The maximum absolute atomic E-state index is 11.7. The first-order valence-electron chi connectivity index (χ1n) is 6.85. The molecule has 0 bridgehead atoms. The lowest BCUT2D eigenvalue weighted by Gasteiger charge is -2.43. The molecule has 0 aromatic heterocycles. The van der Waals surface area contributed by atoms with E-state index in [1.54, 1.807) is 24.3 Å². The summed E-state index contributed by atoms with van der Waals surface area (Å²) >= 11 is 0. The van der Waals surface area contributed by atoms with E-state index in [0.717, 1.165) is 5.69 Å². The van der Waals surface area contributed by atoms with Gasteiger partial charge in [0.25, 0.3) is 0 Å². The zero-order valence-electron chi connectivity index (χ0n) is 12.5. The SMILES string of the molecule is CNS(=O)(=O)c1ccc(N2CC(CO)OC(C)(C)C2)cc1. The van der Waals surface area contributed by atoms with Crippen LogP contribution in [0.5, 0.6) is 0 Å². The predicted molar refractivity (Wildman–Crippen MR) is 80.9 cm³/mol. The number of nitrogens with zero attached hydrogens (tertiary/aromatic N) is 1. The highest BCUT2D eigenvalue weighted by Crippen LogP contribution is 2.26. The van der Waals surface area contributed by atoms with Crippen molar-refractivity contribution in [3.05, 3.63) is 24.3 Å². The lowest BCUT2D eigenvalue weighted by atomic mass is 10.0. The summed E-state index contributed by atoms with van der Waals surface area (Å²) in [7, 11) is -2.03. The number of hydrogen-bond donors (Lipinski definition) is 2. The van der Waals surface area contributed by atoms with Crippen LogP contribution in [-0.4, -0.2) is 52.0 Å². The van der Waals surface area contributed by atoms with Crippen LogP contribution in [0.25, 0.3) is 0 Å². The fourth-order valence-corrected chi connectivity index (χ4v) is 3.27. The van der Waals surface area contributed by atoms with Gasteiger partial charge in [-0.1, -0.05) is 0 Å². The van der Waals surface area contributed by atoms with Gasteiger partial charge in [0.05, 0.1) is 23.2 Å². The van der Waals surface area contributed by atoms with Crippen molar-refractivity contribution in [2.45, 2.75) is 30.4 Å². The fourth-order valence-electron chi connectivity index (χ4n) is 2.54. The number of rotatable bonds is 4. The maximum atomic E-state index is 11.7. The summed E-state index contributed by atoms with van der Waals surface area (Å²) in [5.41, 5.74) is 0.557. The maximum Gasteiger partial charge on any atom is 0.240 e. The van der Waals surface area contributed by atoms with Crippen LogP contribution in [0.4, 0.5) is 5.69 Å². The highest BCUT2D eigenvalue weighted by atomic mass is 32.2. The van der Waals surface area contributed by atoms with Gasteiger partial charge in [-0.2, -0.15) is 0 Å². The summed E-state index contributed by atoms with van der Waals surface area (Å²) in [6.07, 6.45) is -0.241. The third-order valence-electron chi connectivity index (χ3n) is 3.47. The normalized spacial score (nSPS) is 22.3. The Labute approximate surface area is 125 Å². The van der Waals surface area contributed by atoms with Gasteiger partial charge in [0.2, 0.25) is 10.0 Å². The molecule has 0 saturated carbocycles. The van der Waals surface area contributed by atoms with Gasteiger partial charge in [0.15, 0.2) is 0 Å². The molecule has 1 aromatic rings. The number of benzene rings is 1. The number of morpholine rings is 1. The molecule has 1 aliphatic heterocycles. The molecular weight excluding hydrogens is 292 g/mol. The number of anilines is 1. The molecule has 1 aromatic carbocycles. The lowest BCUT2D eigenvalue weighted by Crippen LogP contribution is -2.54. The van der Waals surface area contributed by atoms with Crippen molar-refractivity contribution in [2.75, 3.05) is 31.6 Å². The summed E-state index contributed by atoms with van der Waals surface area (Å²) in [4.78, 5) is 2.33. The van der Waals surface area contributed by atoms with Gasteiger partial charge in [-0.15, -0.1) is 0 Å². The topological polar surface area (TPSA) is 78.9 Å². The van der Waals surface area contributed by atoms with Crippen molar-refractivity contribution in [2.24, 2.45) is 0 Å². The summed E-state index contributed by atoms with van der Waals surface area (Å²) < 4.78 is 31.5. The average molecular weight is 314 g/mol. The molecule has 0 amide bonds. The van der Waals surface area contributed by atoms with Gasteiger partial charge in [-0.25, -0.2) is 13.1 Å². The van der Waals surface area contributed by atoms with E-state index in [2.05, 4.69) is 9.62 Å². The van der Waals surface area contributed by atoms with Crippen molar-refractivity contribution < 1.29 is 18.3 Å². The van der Waals surface area contributed by atoms with Crippen LogP contribution < -0.4 is 9.62 Å². The van der Waals surface area contributed by atoms with Crippen LogP contribution >= 0.6 is 0 Å². The quantitative estimate of drug-likeness (QED) is 0.849. The summed E-state index contributed by atoms with van der Waals surface area (Å²) in [5.74, 6) is 0. The van der Waals surface area contributed by atoms with Crippen LogP contribution in [0.2, 0.25) is 0 Å². The van der Waals surface area contributed by atoms with E-state index in [4.69, 9.17) is 4.74 Å². The molecule has 7 heteroatoms. The lowest BCUT2D eigenvalue weighted by molar-refractivity contribution is -0.101. The molecule has 6 nitrogen and oxygen atoms in total. The molecule has 2 rings (SSSR count). The Morgan fingerprint density at radius 3 is 2.52 bits per heavy atom. The standard InChI is InChI=1S/C14H22N2O4S/c1-14(2)10-16(8-12(9-17)20-14)11-4-6-13(7-5-11)21(18,19)15-3/h4-7,12,15,17H,8-10H2,1-3H3. The van der Waals surface area contributed by atoms with E-state index < -0.39 is 10.0 Å². The molecule has 21 heavy (non-hydrogen) atoms. The van der Waals surface area contributed by atoms with E-state index in [-0.39, 0.29) is 23.2 Å². The molecule has 1 saturated heterocycles. The van der Waals surface area contributed by atoms with E-state index in [1.165, 1.54) is 7.05 Å². The minimum Gasteiger partial charge on any atom is -0.394 e. The summed E-state index contributed by atoms with van der Waals surface area (Å²) in [6, 6.07) is 6.72. The van der Waals surface area contributed by atoms with Gasteiger partial charge in [0.1, 0.15) is 0 Å². The Morgan fingerprint density at radius 1 is 1.38 bits per heavy atom. The van der Waals surface area contributed by atoms with Gasteiger partial charge < -0.3 is 14.7 Å². The van der Waals surface area contributed by atoms with Crippen LogP contribution in [0.1, 0.15) is 13.8 Å². The summed E-state index contributed by atoms with van der Waals surface area (Å²) in [6.45, 7) is 5.18. The third kappa shape index (κ3) is 3.74. The van der Waals surface area contributed by atoms with Crippen LogP contribution in [0, 0.1) is 0 Å². The number of sulfonamides is 1. The smallest absolute Gasteiger partial charge is 0.240 e. The highest BCUT2D eigenvalue weighted by Gasteiger charge is 2.33. The first-order chi connectivity index (χ1) is 9.77. The zero-order valence-corrected chi connectivity index (χ0v) is 13.4.